The fourth-order valence-corrected chi connectivity index (χ4v) is 6.24. The third-order valence-corrected chi connectivity index (χ3v) is 7.27. The molecule has 0 spiro atoms. The molecule has 20 heavy (non-hydrogen) atoms. The molecule has 116 valence electrons. The molecule has 6 heteroatoms. The molecule has 1 aliphatic carbocycles. The average Bonchev–Trinajstić information content (AvgIpc) is 3.08. The average molecular weight is 301 g/mol. The van der Waals surface area contributed by atoms with Gasteiger partial charge in [-0.15, -0.1) is 0 Å². The van der Waals surface area contributed by atoms with Gasteiger partial charge < -0.3 is 5.32 Å². The number of likely N-dealkylation sites (N-methyl/N-ethyl adjacent to an activating group) is 1. The van der Waals surface area contributed by atoms with Crippen LogP contribution in [0, 0.1) is 5.92 Å². The van der Waals surface area contributed by atoms with Crippen LogP contribution >= 0.6 is 0 Å². The Labute approximate surface area is 122 Å². The minimum absolute atomic E-state index is 0.146. The highest BCUT2D eigenvalue weighted by Crippen LogP contribution is 2.40. The van der Waals surface area contributed by atoms with Crippen LogP contribution in [0.3, 0.4) is 0 Å². The smallest absolute Gasteiger partial charge is 0.282 e. The standard InChI is InChI=1S/C14H27N3O2S/c1-2-15-10-14-5-3-4-8-16(14)20(18,19)17-11-12-6-7-13(17)9-12/h12-15H,2-11H2,1H3. The zero-order valence-corrected chi connectivity index (χ0v) is 13.2. The normalized spacial score (nSPS) is 35.8. The van der Waals surface area contributed by atoms with Crippen molar-refractivity contribution < 1.29 is 8.42 Å². The largest absolute Gasteiger partial charge is 0.315 e. The van der Waals surface area contributed by atoms with Crippen molar-refractivity contribution >= 4 is 10.2 Å². The predicted octanol–water partition coefficient (Wildman–Crippen LogP) is 1.18. The first-order chi connectivity index (χ1) is 9.63. The van der Waals surface area contributed by atoms with Crippen LogP contribution in [0.1, 0.15) is 45.4 Å². The maximum absolute atomic E-state index is 13.0. The Morgan fingerprint density at radius 1 is 1.15 bits per heavy atom. The van der Waals surface area contributed by atoms with Gasteiger partial charge in [-0.25, -0.2) is 0 Å². The molecule has 3 aliphatic rings. The molecule has 2 aliphatic heterocycles. The highest BCUT2D eigenvalue weighted by atomic mass is 32.2. The molecule has 0 aromatic rings. The van der Waals surface area contributed by atoms with E-state index >= 15 is 0 Å². The summed E-state index contributed by atoms with van der Waals surface area (Å²) in [6.45, 7) is 5.22. The van der Waals surface area contributed by atoms with E-state index in [0.29, 0.717) is 12.5 Å². The van der Waals surface area contributed by atoms with Crippen LogP contribution in [0.5, 0.6) is 0 Å². The second kappa shape index (κ2) is 5.91. The molecule has 2 bridgehead atoms. The van der Waals surface area contributed by atoms with Gasteiger partial charge in [-0.1, -0.05) is 13.3 Å². The number of nitrogens with one attached hydrogen (secondary N) is 1. The van der Waals surface area contributed by atoms with E-state index in [9.17, 15) is 8.42 Å². The Hall–Kier alpha value is -0.170. The molecule has 3 atom stereocenters. The number of nitrogens with zero attached hydrogens (tertiary/aromatic N) is 2. The van der Waals surface area contributed by atoms with Crippen molar-refractivity contribution in [1.29, 1.82) is 0 Å². The molecule has 0 radical (unpaired) electrons. The molecule has 2 heterocycles. The first-order valence-electron chi connectivity index (χ1n) is 8.12. The van der Waals surface area contributed by atoms with E-state index in [0.717, 1.165) is 51.7 Å². The highest BCUT2D eigenvalue weighted by Gasteiger charge is 2.47. The van der Waals surface area contributed by atoms with Crippen molar-refractivity contribution in [2.45, 2.75) is 57.5 Å². The lowest BCUT2D eigenvalue weighted by molar-refractivity contribution is 0.216. The maximum atomic E-state index is 13.0. The Morgan fingerprint density at radius 2 is 2.00 bits per heavy atom. The molecule has 3 unspecified atom stereocenters. The second-order valence-electron chi connectivity index (χ2n) is 6.48. The molecule has 0 amide bonds. The fraction of sp³-hybridized carbons (Fsp3) is 1.00. The molecule has 0 aromatic carbocycles. The number of fused-ring (bicyclic) bond motifs is 2. The third-order valence-electron chi connectivity index (χ3n) is 5.15. The first kappa shape index (κ1) is 14.8. The molecule has 5 nitrogen and oxygen atoms in total. The summed E-state index contributed by atoms with van der Waals surface area (Å²) < 4.78 is 29.6. The van der Waals surface area contributed by atoms with Crippen LogP contribution in [-0.2, 0) is 10.2 Å². The summed E-state index contributed by atoms with van der Waals surface area (Å²) in [5.41, 5.74) is 0. The predicted molar refractivity (Wildman–Crippen MR) is 79.6 cm³/mol. The molecular weight excluding hydrogens is 274 g/mol. The van der Waals surface area contributed by atoms with E-state index in [1.807, 2.05) is 4.31 Å². The fourth-order valence-electron chi connectivity index (χ4n) is 4.09. The number of hydrogen-bond acceptors (Lipinski definition) is 3. The monoisotopic (exact) mass is 301 g/mol. The van der Waals surface area contributed by atoms with Gasteiger partial charge >= 0.3 is 0 Å². The Bertz CT molecular complexity index is 440. The van der Waals surface area contributed by atoms with Crippen LogP contribution in [-0.4, -0.2) is 55.3 Å². The van der Waals surface area contributed by atoms with Gasteiger partial charge in [-0.2, -0.15) is 17.0 Å². The van der Waals surface area contributed by atoms with Gasteiger partial charge in [0.05, 0.1) is 0 Å². The molecule has 3 fully saturated rings. The molecule has 1 saturated carbocycles. The van der Waals surface area contributed by atoms with Crippen LogP contribution in [0.25, 0.3) is 0 Å². The van der Waals surface area contributed by atoms with Gasteiger partial charge in [0, 0.05) is 31.7 Å². The van der Waals surface area contributed by atoms with Gasteiger partial charge in [-0.3, -0.25) is 0 Å². The Kier molecular flexibility index (Phi) is 4.36. The van der Waals surface area contributed by atoms with Crippen LogP contribution < -0.4 is 5.32 Å². The van der Waals surface area contributed by atoms with Crippen molar-refractivity contribution in [2.24, 2.45) is 5.92 Å². The lowest BCUT2D eigenvalue weighted by atomic mass is 10.1. The topological polar surface area (TPSA) is 52.7 Å². The summed E-state index contributed by atoms with van der Waals surface area (Å²) in [7, 11) is -3.25. The molecule has 0 aromatic heterocycles. The van der Waals surface area contributed by atoms with Crippen molar-refractivity contribution in [3.05, 3.63) is 0 Å². The van der Waals surface area contributed by atoms with E-state index < -0.39 is 10.2 Å². The van der Waals surface area contributed by atoms with Gasteiger partial charge in [0.2, 0.25) is 0 Å². The van der Waals surface area contributed by atoms with Gasteiger partial charge in [0.15, 0.2) is 0 Å². The zero-order valence-electron chi connectivity index (χ0n) is 12.4. The molecule has 3 rings (SSSR count). The molecule has 2 saturated heterocycles. The highest BCUT2D eigenvalue weighted by molar-refractivity contribution is 7.86. The van der Waals surface area contributed by atoms with Crippen molar-refractivity contribution in [2.75, 3.05) is 26.2 Å². The second-order valence-corrected chi connectivity index (χ2v) is 8.31. The van der Waals surface area contributed by atoms with E-state index in [1.165, 1.54) is 6.42 Å². The van der Waals surface area contributed by atoms with Crippen LogP contribution in [0.2, 0.25) is 0 Å². The summed E-state index contributed by atoms with van der Waals surface area (Å²) in [5.74, 6) is 0.617. The Morgan fingerprint density at radius 3 is 2.65 bits per heavy atom. The summed E-state index contributed by atoms with van der Waals surface area (Å²) in [4.78, 5) is 0. The van der Waals surface area contributed by atoms with Gasteiger partial charge in [0.1, 0.15) is 0 Å². The maximum Gasteiger partial charge on any atom is 0.282 e. The SMILES string of the molecule is CCNCC1CCCCN1S(=O)(=O)N1CC2CCC1C2. The van der Waals surface area contributed by atoms with Crippen molar-refractivity contribution in [3.63, 3.8) is 0 Å². The summed E-state index contributed by atoms with van der Waals surface area (Å²) in [6, 6.07) is 0.430. The Balaban J connectivity index is 1.74. The minimum Gasteiger partial charge on any atom is -0.315 e. The summed E-state index contributed by atoms with van der Waals surface area (Å²) in [6.07, 6.45) is 6.52. The lowest BCUT2D eigenvalue weighted by Gasteiger charge is -2.39. The number of hydrogen-bond donors (Lipinski definition) is 1. The zero-order chi connectivity index (χ0) is 14.2. The number of rotatable bonds is 5. The first-order valence-corrected chi connectivity index (χ1v) is 9.52. The quantitative estimate of drug-likeness (QED) is 0.829. The van der Waals surface area contributed by atoms with E-state index in [4.69, 9.17) is 0 Å². The van der Waals surface area contributed by atoms with Crippen LogP contribution in [0.15, 0.2) is 0 Å². The van der Waals surface area contributed by atoms with Crippen molar-refractivity contribution in [1.82, 2.24) is 13.9 Å². The minimum atomic E-state index is -3.25. The molecular formula is C14H27N3O2S. The van der Waals surface area contributed by atoms with Gasteiger partial charge in [-0.05, 0) is 44.6 Å². The van der Waals surface area contributed by atoms with E-state index in [1.54, 1.807) is 4.31 Å². The number of piperidine rings is 2. The van der Waals surface area contributed by atoms with Gasteiger partial charge in [0.25, 0.3) is 10.2 Å². The summed E-state index contributed by atoms with van der Waals surface area (Å²) >= 11 is 0. The van der Waals surface area contributed by atoms with Crippen molar-refractivity contribution in [3.8, 4) is 0 Å². The lowest BCUT2D eigenvalue weighted by Crippen LogP contribution is -2.55. The third kappa shape index (κ3) is 2.63. The van der Waals surface area contributed by atoms with E-state index in [2.05, 4.69) is 12.2 Å². The van der Waals surface area contributed by atoms with Crippen LogP contribution in [0.4, 0.5) is 0 Å². The van der Waals surface area contributed by atoms with E-state index in [-0.39, 0.29) is 12.1 Å². The molecule has 1 N–H and O–H groups in total. The summed E-state index contributed by atoms with van der Waals surface area (Å²) in [5, 5.41) is 3.32.